The molecule has 0 bridgehead atoms. The molecule has 2 unspecified atom stereocenters. The van der Waals surface area contributed by atoms with Crippen molar-refractivity contribution in [3.63, 3.8) is 0 Å². The Hall–Kier alpha value is -0.380. The van der Waals surface area contributed by atoms with Gasteiger partial charge in [0.1, 0.15) is 5.92 Å². The van der Waals surface area contributed by atoms with E-state index in [0.717, 1.165) is 6.92 Å². The van der Waals surface area contributed by atoms with Gasteiger partial charge in [-0.3, -0.25) is 14.4 Å². The summed E-state index contributed by atoms with van der Waals surface area (Å²) < 4.78 is 6.82. The maximum atomic E-state index is 12.4. The van der Waals surface area contributed by atoms with Crippen molar-refractivity contribution in [1.29, 1.82) is 0 Å². The Morgan fingerprint density at radius 1 is 1.08 bits per heavy atom. The van der Waals surface area contributed by atoms with Gasteiger partial charge in [0.25, 0.3) is 0 Å². The van der Waals surface area contributed by atoms with Crippen molar-refractivity contribution in [2.24, 2.45) is 5.92 Å². The normalized spacial score (nSPS) is 13.2. The zero-order valence-electron chi connectivity index (χ0n) is 12.7. The van der Waals surface area contributed by atoms with E-state index in [1.807, 2.05) is 67.8 Å². The highest BCUT2D eigenvalue weighted by Gasteiger charge is 2.33. The second kappa shape index (κ2) is 8.82. The van der Waals surface area contributed by atoms with E-state index < -0.39 is 29.7 Å². The number of Topliss-reactive ketones (excluding diaryl/α,β-unsaturated/α-hetero) is 1. The molecule has 0 aliphatic carbocycles. The number of carboxylic acid groups (broad SMARTS) is 1. The Morgan fingerprint density at radius 2 is 1.54 bits per heavy atom. The number of ether oxygens (including phenoxy) is 1. The van der Waals surface area contributed by atoms with Crippen molar-refractivity contribution in [3.8, 4) is 0 Å². The molecule has 1 aromatic carbocycles. The van der Waals surface area contributed by atoms with Gasteiger partial charge in [0.2, 0.25) is 0 Å². The first-order chi connectivity index (χ1) is 11.0. The van der Waals surface area contributed by atoms with Crippen LogP contribution in [-0.4, -0.2) is 28.9 Å². The Kier molecular flexibility index (Phi) is 7.96. The molecule has 1 rings (SSSR count). The maximum absolute atomic E-state index is 12.4. The number of anilines is 2. The molecule has 0 aromatic heterocycles. The van der Waals surface area contributed by atoms with Crippen LogP contribution in [-0.2, 0) is 25.5 Å². The minimum absolute atomic E-state index is 0.0817. The molecule has 132 valence electrons. The Labute approximate surface area is 179 Å². The Balaban J connectivity index is 3.26. The summed E-state index contributed by atoms with van der Waals surface area (Å²) >= 11 is 6.04. The van der Waals surface area contributed by atoms with E-state index >= 15 is 0 Å². The first-order valence-corrected chi connectivity index (χ1v) is 9.86. The Morgan fingerprint density at radius 3 is 1.92 bits per heavy atom. The fourth-order valence-corrected chi connectivity index (χ4v) is 5.65. The number of hydrogen-bond donors (Lipinski definition) is 3. The molecule has 7 nitrogen and oxygen atoms in total. The van der Waals surface area contributed by atoms with Gasteiger partial charge in [-0.25, -0.2) is 0 Å². The van der Waals surface area contributed by atoms with Crippen LogP contribution in [0.3, 0.4) is 0 Å². The number of hydrogen-bond acceptors (Lipinski definition) is 6. The average molecular weight is 672 g/mol. The zero-order chi connectivity index (χ0) is 18.8. The smallest absolute Gasteiger partial charge is 0.314 e. The number of ketones is 1. The number of carbonyl (C=O) groups is 3. The van der Waals surface area contributed by atoms with Crippen LogP contribution in [0.1, 0.15) is 19.4 Å². The monoisotopic (exact) mass is 672 g/mol. The average Bonchev–Trinajstić information content (AvgIpc) is 2.49. The van der Waals surface area contributed by atoms with E-state index in [4.69, 9.17) is 16.2 Å². The molecule has 24 heavy (non-hydrogen) atoms. The van der Waals surface area contributed by atoms with Crippen molar-refractivity contribution >= 4 is 96.9 Å². The number of aliphatic carboxylic acids is 1. The summed E-state index contributed by atoms with van der Waals surface area (Å²) in [5.41, 5.74) is 13.5. The van der Waals surface area contributed by atoms with E-state index in [0.29, 0.717) is 27.6 Å². The predicted molar refractivity (Wildman–Crippen MR) is 114 cm³/mol. The van der Waals surface area contributed by atoms with Gasteiger partial charge < -0.3 is 21.3 Å². The lowest BCUT2D eigenvalue weighted by molar-refractivity contribution is -0.158. The number of carboxylic acids is 1. The van der Waals surface area contributed by atoms with E-state index in [9.17, 15) is 19.5 Å². The minimum Gasteiger partial charge on any atom is -0.481 e. The summed E-state index contributed by atoms with van der Waals surface area (Å²) in [5.74, 6) is -3.98. The lowest BCUT2D eigenvalue weighted by Crippen LogP contribution is -2.36. The van der Waals surface area contributed by atoms with Gasteiger partial charge in [0.05, 0.1) is 14.9 Å². The third-order valence-corrected chi connectivity index (χ3v) is 6.90. The molecule has 10 heteroatoms. The van der Waals surface area contributed by atoms with Gasteiger partial charge in [-0.1, -0.05) is 0 Å². The second-order valence-corrected chi connectivity index (χ2v) is 8.23. The number of nitrogens with two attached hydrogens (primary N) is 2. The lowest BCUT2D eigenvalue weighted by Gasteiger charge is -2.20. The number of halogens is 3. The standard InChI is InChI=1S/C14H15I3N2O5/c1-4(24-5(2)20)13(21)7(14(22)23)3-6-8(15)11(18)10(17)12(19)9(6)16/h4,7H,3,18-19H2,1-2H3,(H,22,23). The molecule has 0 saturated heterocycles. The van der Waals surface area contributed by atoms with Crippen LogP contribution < -0.4 is 11.5 Å². The summed E-state index contributed by atoms with van der Waals surface area (Å²) in [4.78, 5) is 34.9. The van der Waals surface area contributed by atoms with E-state index in [2.05, 4.69) is 0 Å². The van der Waals surface area contributed by atoms with Gasteiger partial charge in [0, 0.05) is 14.1 Å². The van der Waals surface area contributed by atoms with Crippen LogP contribution in [0.5, 0.6) is 0 Å². The molecule has 2 atom stereocenters. The van der Waals surface area contributed by atoms with E-state index in [1.165, 1.54) is 6.92 Å². The highest BCUT2D eigenvalue weighted by molar-refractivity contribution is 14.1. The molecule has 0 aliphatic heterocycles. The lowest BCUT2D eigenvalue weighted by atomic mass is 9.92. The first kappa shape index (κ1) is 21.7. The zero-order valence-corrected chi connectivity index (χ0v) is 19.2. The van der Waals surface area contributed by atoms with Crippen molar-refractivity contribution in [3.05, 3.63) is 16.3 Å². The number of carbonyl (C=O) groups excluding carboxylic acids is 2. The van der Waals surface area contributed by atoms with Crippen molar-refractivity contribution < 1.29 is 24.2 Å². The number of benzene rings is 1. The van der Waals surface area contributed by atoms with Crippen LogP contribution in [0.4, 0.5) is 11.4 Å². The quantitative estimate of drug-likeness (QED) is 0.183. The van der Waals surface area contributed by atoms with Gasteiger partial charge in [-0.05, 0) is 86.7 Å². The predicted octanol–water partition coefficient (Wildman–Crippen LogP) is 2.43. The number of nitrogen functional groups attached to an aromatic ring is 2. The largest absolute Gasteiger partial charge is 0.481 e. The molecule has 5 N–H and O–H groups in total. The van der Waals surface area contributed by atoms with E-state index in [-0.39, 0.29) is 6.42 Å². The highest BCUT2D eigenvalue weighted by atomic mass is 127. The summed E-state index contributed by atoms with van der Waals surface area (Å²) in [6, 6.07) is 0. The van der Waals surface area contributed by atoms with Crippen LogP contribution in [0.15, 0.2) is 0 Å². The maximum Gasteiger partial charge on any atom is 0.314 e. The van der Waals surface area contributed by atoms with Crippen LogP contribution in [0, 0.1) is 16.6 Å². The fourth-order valence-electron chi connectivity index (χ4n) is 2.04. The summed E-state index contributed by atoms with van der Waals surface area (Å²) in [7, 11) is 0. The third-order valence-electron chi connectivity index (χ3n) is 3.27. The molecule has 0 aliphatic rings. The van der Waals surface area contributed by atoms with Gasteiger partial charge in [0.15, 0.2) is 11.9 Å². The fraction of sp³-hybridized carbons (Fsp3) is 0.357. The molecule has 0 spiro atoms. The SMILES string of the molecule is CC(=O)OC(C)C(=O)C(Cc1c(I)c(N)c(I)c(N)c1I)C(=O)O. The molecule has 0 fully saturated rings. The van der Waals surface area contributed by atoms with Crippen LogP contribution in [0.25, 0.3) is 0 Å². The van der Waals surface area contributed by atoms with Crippen molar-refractivity contribution in [2.45, 2.75) is 26.4 Å². The molecule has 0 heterocycles. The van der Waals surface area contributed by atoms with Crippen molar-refractivity contribution in [2.75, 3.05) is 11.5 Å². The molecular weight excluding hydrogens is 657 g/mol. The van der Waals surface area contributed by atoms with Gasteiger partial charge >= 0.3 is 11.9 Å². The second-order valence-electron chi connectivity index (χ2n) is 5.00. The first-order valence-electron chi connectivity index (χ1n) is 6.63. The van der Waals surface area contributed by atoms with E-state index in [1.54, 1.807) is 0 Å². The molecule has 0 radical (unpaired) electrons. The van der Waals surface area contributed by atoms with Gasteiger partial charge in [-0.2, -0.15) is 0 Å². The summed E-state index contributed by atoms with van der Waals surface area (Å²) in [6.07, 6.45) is -1.22. The molecule has 1 aromatic rings. The number of esters is 1. The molecule has 0 amide bonds. The number of rotatable bonds is 6. The molecular formula is C14H15I3N2O5. The summed E-state index contributed by atoms with van der Waals surface area (Å²) in [5, 5.41) is 9.43. The minimum atomic E-state index is -1.36. The molecule has 0 saturated carbocycles. The highest BCUT2D eigenvalue weighted by Crippen LogP contribution is 2.36. The van der Waals surface area contributed by atoms with Crippen molar-refractivity contribution in [1.82, 2.24) is 0 Å². The third kappa shape index (κ3) is 4.83. The topological polar surface area (TPSA) is 133 Å². The Bertz CT molecular complexity index is 679. The van der Waals surface area contributed by atoms with Crippen LogP contribution in [0.2, 0.25) is 0 Å². The van der Waals surface area contributed by atoms with Gasteiger partial charge in [-0.15, -0.1) is 0 Å². The summed E-state index contributed by atoms with van der Waals surface area (Å²) in [6.45, 7) is 2.51. The van der Waals surface area contributed by atoms with Crippen LogP contribution >= 0.6 is 67.8 Å².